The summed E-state index contributed by atoms with van der Waals surface area (Å²) in [5, 5.41) is 0. The number of para-hydroxylation sites is 1. The van der Waals surface area contributed by atoms with E-state index in [0.29, 0.717) is 30.9 Å². The Balaban J connectivity index is 1.08. The highest BCUT2D eigenvalue weighted by Gasteiger charge is 2.34. The van der Waals surface area contributed by atoms with Crippen LogP contribution in [0, 0.1) is 0 Å². The molecule has 2 amide bonds. The number of unbranched alkanes of at least 4 members (excludes halogenated alkanes) is 1. The third kappa shape index (κ3) is 3.85. The molecule has 0 aliphatic carbocycles. The molecule has 3 aliphatic rings. The van der Waals surface area contributed by atoms with Crippen molar-refractivity contribution in [3.8, 4) is 11.5 Å². The number of fused-ring (bicyclic) bond motifs is 2. The molecule has 7 heteroatoms. The van der Waals surface area contributed by atoms with Crippen molar-refractivity contribution in [3.05, 3.63) is 53.6 Å². The third-order valence-electron chi connectivity index (χ3n) is 6.24. The zero-order chi connectivity index (χ0) is 21.2. The predicted octanol–water partition coefficient (Wildman–Crippen LogP) is 2.66. The van der Waals surface area contributed by atoms with Gasteiger partial charge in [-0.25, -0.2) is 0 Å². The summed E-state index contributed by atoms with van der Waals surface area (Å²) in [6.07, 6.45) is 1.79. The Labute approximate surface area is 182 Å². The van der Waals surface area contributed by atoms with Gasteiger partial charge in [0, 0.05) is 32.7 Å². The minimum absolute atomic E-state index is 0.161. The highest BCUT2D eigenvalue weighted by molar-refractivity contribution is 6.21. The van der Waals surface area contributed by atoms with Crippen LogP contribution in [-0.2, 0) is 0 Å². The van der Waals surface area contributed by atoms with E-state index in [1.165, 1.54) is 4.90 Å². The van der Waals surface area contributed by atoms with Crippen LogP contribution in [0.4, 0.5) is 5.69 Å². The Hall–Kier alpha value is -3.06. The molecule has 2 aromatic carbocycles. The molecule has 162 valence electrons. The Morgan fingerprint density at radius 3 is 2.16 bits per heavy atom. The summed E-state index contributed by atoms with van der Waals surface area (Å²) in [5.41, 5.74) is 2.17. The number of imide groups is 1. The summed E-state index contributed by atoms with van der Waals surface area (Å²) in [4.78, 5) is 31.1. The predicted molar refractivity (Wildman–Crippen MR) is 117 cm³/mol. The molecule has 1 saturated heterocycles. The molecule has 31 heavy (non-hydrogen) atoms. The lowest BCUT2D eigenvalue weighted by atomic mass is 10.1. The molecular formula is C24H27N3O4. The number of carbonyl (C=O) groups excluding carboxylic acids is 2. The molecule has 7 nitrogen and oxygen atoms in total. The molecule has 0 saturated carbocycles. The SMILES string of the molecule is O=C1c2ccccc2C(=O)N1CCCCN1CCN(c2cccc3c2OCCO3)CC1. The van der Waals surface area contributed by atoms with Crippen molar-refractivity contribution in [3.63, 3.8) is 0 Å². The first-order chi connectivity index (χ1) is 15.2. The molecule has 3 aliphatic heterocycles. The van der Waals surface area contributed by atoms with Gasteiger partial charge in [-0.3, -0.25) is 19.4 Å². The average molecular weight is 421 g/mol. The first-order valence-corrected chi connectivity index (χ1v) is 11.0. The van der Waals surface area contributed by atoms with Crippen molar-refractivity contribution in [2.24, 2.45) is 0 Å². The molecule has 0 unspecified atom stereocenters. The maximum Gasteiger partial charge on any atom is 0.261 e. The third-order valence-corrected chi connectivity index (χ3v) is 6.24. The summed E-state index contributed by atoms with van der Waals surface area (Å²) >= 11 is 0. The van der Waals surface area contributed by atoms with Crippen LogP contribution in [0.25, 0.3) is 0 Å². The Morgan fingerprint density at radius 2 is 1.42 bits per heavy atom. The van der Waals surface area contributed by atoms with Gasteiger partial charge < -0.3 is 14.4 Å². The van der Waals surface area contributed by atoms with Gasteiger partial charge in [0.05, 0.1) is 16.8 Å². The van der Waals surface area contributed by atoms with Crippen LogP contribution in [0.1, 0.15) is 33.6 Å². The van der Waals surface area contributed by atoms with Crippen LogP contribution in [0.3, 0.4) is 0 Å². The number of hydrogen-bond donors (Lipinski definition) is 0. The van der Waals surface area contributed by atoms with E-state index in [-0.39, 0.29) is 11.8 Å². The lowest BCUT2D eigenvalue weighted by molar-refractivity contribution is 0.0650. The van der Waals surface area contributed by atoms with Gasteiger partial charge in [-0.15, -0.1) is 0 Å². The zero-order valence-corrected chi connectivity index (χ0v) is 17.6. The average Bonchev–Trinajstić information content (AvgIpc) is 3.07. The first kappa shape index (κ1) is 19.9. The Kier molecular flexibility index (Phi) is 5.51. The Bertz CT molecular complexity index is 950. The number of nitrogens with zero attached hydrogens (tertiary/aromatic N) is 3. The fourth-order valence-electron chi connectivity index (χ4n) is 4.57. The van der Waals surface area contributed by atoms with E-state index in [0.717, 1.165) is 62.8 Å². The second-order valence-electron chi connectivity index (χ2n) is 8.14. The minimum atomic E-state index is -0.161. The fraction of sp³-hybridized carbons (Fsp3) is 0.417. The van der Waals surface area contributed by atoms with Crippen LogP contribution in [0.15, 0.2) is 42.5 Å². The number of carbonyl (C=O) groups is 2. The van der Waals surface area contributed by atoms with Gasteiger partial charge in [-0.2, -0.15) is 0 Å². The lowest BCUT2D eigenvalue weighted by Gasteiger charge is -2.37. The summed E-state index contributed by atoms with van der Waals surface area (Å²) in [6, 6.07) is 13.2. The number of benzene rings is 2. The van der Waals surface area contributed by atoms with Crippen molar-refractivity contribution in [1.82, 2.24) is 9.80 Å². The standard InChI is InChI=1S/C24H27N3O4/c28-23-18-6-1-2-7-19(18)24(29)27(23)11-4-3-10-25-12-14-26(15-13-25)20-8-5-9-21-22(20)31-17-16-30-21/h1-2,5-9H,3-4,10-17H2. The van der Waals surface area contributed by atoms with E-state index in [2.05, 4.69) is 15.9 Å². The van der Waals surface area contributed by atoms with E-state index >= 15 is 0 Å². The van der Waals surface area contributed by atoms with Crippen molar-refractivity contribution in [1.29, 1.82) is 0 Å². The van der Waals surface area contributed by atoms with Crippen molar-refractivity contribution < 1.29 is 19.1 Å². The maximum absolute atomic E-state index is 12.4. The maximum atomic E-state index is 12.4. The largest absolute Gasteiger partial charge is 0.486 e. The molecular weight excluding hydrogens is 394 g/mol. The molecule has 0 atom stereocenters. The van der Waals surface area contributed by atoms with Gasteiger partial charge in [0.2, 0.25) is 0 Å². The second kappa shape index (κ2) is 8.59. The minimum Gasteiger partial charge on any atom is -0.486 e. The first-order valence-electron chi connectivity index (χ1n) is 11.0. The number of amides is 2. The molecule has 0 aromatic heterocycles. The summed E-state index contributed by atoms with van der Waals surface area (Å²) in [5.74, 6) is 1.38. The normalized spacial score (nSPS) is 18.5. The number of hydrogen-bond acceptors (Lipinski definition) is 6. The summed E-state index contributed by atoms with van der Waals surface area (Å²) in [7, 11) is 0. The number of ether oxygens (including phenoxy) is 2. The smallest absolute Gasteiger partial charge is 0.261 e. The quantitative estimate of drug-likeness (QED) is 0.528. The summed E-state index contributed by atoms with van der Waals surface area (Å²) in [6.45, 7) is 6.51. The molecule has 5 rings (SSSR count). The van der Waals surface area contributed by atoms with E-state index in [4.69, 9.17) is 9.47 Å². The van der Waals surface area contributed by atoms with Crippen molar-refractivity contribution in [2.45, 2.75) is 12.8 Å². The summed E-state index contributed by atoms with van der Waals surface area (Å²) < 4.78 is 11.6. The van der Waals surface area contributed by atoms with Crippen molar-refractivity contribution >= 4 is 17.5 Å². The molecule has 3 heterocycles. The second-order valence-corrected chi connectivity index (χ2v) is 8.14. The molecule has 0 radical (unpaired) electrons. The number of anilines is 1. The van der Waals surface area contributed by atoms with Gasteiger partial charge >= 0.3 is 0 Å². The highest BCUT2D eigenvalue weighted by atomic mass is 16.6. The van der Waals surface area contributed by atoms with Gasteiger partial charge in [0.1, 0.15) is 13.2 Å². The molecule has 0 N–H and O–H groups in total. The van der Waals surface area contributed by atoms with Gasteiger partial charge in [0.25, 0.3) is 11.8 Å². The van der Waals surface area contributed by atoms with E-state index in [1.807, 2.05) is 12.1 Å². The molecule has 1 fully saturated rings. The van der Waals surface area contributed by atoms with E-state index in [9.17, 15) is 9.59 Å². The highest BCUT2D eigenvalue weighted by Crippen LogP contribution is 2.39. The van der Waals surface area contributed by atoms with Crippen molar-refractivity contribution in [2.75, 3.05) is 57.4 Å². The topological polar surface area (TPSA) is 62.3 Å². The van der Waals surface area contributed by atoms with Crippen LogP contribution in [-0.4, -0.2) is 74.1 Å². The van der Waals surface area contributed by atoms with Crippen LogP contribution < -0.4 is 14.4 Å². The van der Waals surface area contributed by atoms with Gasteiger partial charge in [0.15, 0.2) is 11.5 Å². The molecule has 0 bridgehead atoms. The Morgan fingerprint density at radius 1 is 0.742 bits per heavy atom. The number of piperazine rings is 1. The fourth-order valence-corrected chi connectivity index (χ4v) is 4.57. The van der Waals surface area contributed by atoms with Gasteiger partial charge in [-0.05, 0) is 43.7 Å². The number of rotatable bonds is 6. The van der Waals surface area contributed by atoms with E-state index in [1.54, 1.807) is 24.3 Å². The van der Waals surface area contributed by atoms with Crippen LogP contribution in [0.2, 0.25) is 0 Å². The lowest BCUT2D eigenvalue weighted by Crippen LogP contribution is -2.47. The van der Waals surface area contributed by atoms with E-state index < -0.39 is 0 Å². The van der Waals surface area contributed by atoms with Crippen LogP contribution in [0.5, 0.6) is 11.5 Å². The molecule has 2 aromatic rings. The van der Waals surface area contributed by atoms with Crippen LogP contribution >= 0.6 is 0 Å². The monoisotopic (exact) mass is 421 g/mol. The molecule has 0 spiro atoms. The van der Waals surface area contributed by atoms with Gasteiger partial charge in [-0.1, -0.05) is 18.2 Å². The zero-order valence-electron chi connectivity index (χ0n) is 17.6.